The molecule has 0 unspecified atom stereocenters. The highest BCUT2D eigenvalue weighted by Crippen LogP contribution is 2.39. The molecule has 148 valence electrons. The summed E-state index contributed by atoms with van der Waals surface area (Å²) in [6.45, 7) is 6.35. The zero-order valence-corrected chi connectivity index (χ0v) is 16.5. The van der Waals surface area contributed by atoms with Crippen molar-refractivity contribution in [2.24, 2.45) is 0 Å². The van der Waals surface area contributed by atoms with E-state index in [0.717, 1.165) is 41.7 Å². The Balaban J connectivity index is 0.000000465. The lowest BCUT2D eigenvalue weighted by molar-refractivity contribution is -2.00. The van der Waals surface area contributed by atoms with Gasteiger partial charge in [-0.2, -0.15) is 0 Å². The molecule has 0 saturated heterocycles. The van der Waals surface area contributed by atoms with Gasteiger partial charge in [-0.15, -0.1) is 10.2 Å². The first-order valence-corrected chi connectivity index (χ1v) is 9.70. The monoisotopic (exact) mass is 397 g/mol. The molecule has 0 amide bonds. The van der Waals surface area contributed by atoms with Gasteiger partial charge in [0.25, 0.3) is 0 Å². The van der Waals surface area contributed by atoms with Crippen LogP contribution in [-0.2, 0) is 0 Å². The van der Waals surface area contributed by atoms with E-state index in [1.165, 1.54) is 5.69 Å². The summed E-state index contributed by atoms with van der Waals surface area (Å²) < 4.78 is 40.1. The van der Waals surface area contributed by atoms with Crippen molar-refractivity contribution in [2.75, 3.05) is 37.0 Å². The summed E-state index contributed by atoms with van der Waals surface area (Å²) in [7, 11) is -0.860. The summed E-state index contributed by atoms with van der Waals surface area (Å²) in [5, 5.41) is 2.19. The topological polar surface area (TPSA) is 125 Å². The third-order valence-corrected chi connectivity index (χ3v) is 4.17. The van der Waals surface area contributed by atoms with Crippen molar-refractivity contribution in [2.45, 2.75) is 13.8 Å². The molecule has 2 aromatic rings. The zero-order valence-electron chi connectivity index (χ0n) is 15.8. The largest absolute Gasteiger partial charge is 0.445 e. The van der Waals surface area contributed by atoms with Crippen LogP contribution in [0.1, 0.15) is 13.8 Å². The maximum atomic E-state index is 8.49. The molecule has 2 N–H and O–H groups in total. The van der Waals surface area contributed by atoms with E-state index in [1.54, 1.807) is 0 Å². The average molecular weight is 398 g/mol. The Morgan fingerprint density at radius 2 is 1.30 bits per heavy atom. The summed E-state index contributed by atoms with van der Waals surface area (Å²) in [6, 6.07) is 12.8. The molecule has 0 aromatic heterocycles. The lowest BCUT2D eigenvalue weighted by Crippen LogP contribution is -2.72. The number of hydrogen-bond donors (Lipinski definition) is 1. The van der Waals surface area contributed by atoms with Crippen molar-refractivity contribution < 1.29 is 38.9 Å². The van der Waals surface area contributed by atoms with Gasteiger partial charge in [0.15, 0.2) is 22.9 Å². The van der Waals surface area contributed by atoms with Gasteiger partial charge in [-0.3, -0.25) is 5.32 Å². The first kappa shape index (κ1) is 21.2. The van der Waals surface area contributed by atoms with Crippen LogP contribution < -0.4 is 38.5 Å². The van der Waals surface area contributed by atoms with E-state index in [4.69, 9.17) is 23.4 Å². The van der Waals surface area contributed by atoms with Crippen molar-refractivity contribution in [3.8, 4) is 11.5 Å². The summed E-state index contributed by atoms with van der Waals surface area (Å²) in [6.07, 6.45) is 0. The Labute approximate surface area is 160 Å². The van der Waals surface area contributed by atoms with Crippen molar-refractivity contribution in [1.29, 1.82) is 0 Å². The number of rotatable bonds is 4. The van der Waals surface area contributed by atoms with Crippen LogP contribution in [-0.4, -0.2) is 27.2 Å². The molecule has 8 nitrogen and oxygen atoms in total. The number of nitrogens with zero attached hydrogens (tertiary/aromatic N) is 2. The minimum absolute atomic E-state index is 0.926. The van der Waals surface area contributed by atoms with E-state index >= 15 is 0 Å². The van der Waals surface area contributed by atoms with E-state index in [0.29, 0.717) is 0 Å². The predicted molar refractivity (Wildman–Crippen MR) is 92.1 cm³/mol. The van der Waals surface area contributed by atoms with Crippen LogP contribution in [0.5, 0.6) is 11.5 Å². The summed E-state index contributed by atoms with van der Waals surface area (Å²) in [5.41, 5.74) is 4.63. The molecular formula is C18H24ClN3O5. The maximum Gasteiger partial charge on any atom is 0.190 e. The molecule has 0 aliphatic carbocycles. The van der Waals surface area contributed by atoms with E-state index in [2.05, 4.69) is 65.4 Å². The highest BCUT2D eigenvalue weighted by Gasteiger charge is 2.22. The minimum Gasteiger partial charge on any atom is -0.445 e. The Hall–Kier alpha value is -2.07. The van der Waals surface area contributed by atoms with Gasteiger partial charge in [0.1, 0.15) is 0 Å². The first-order chi connectivity index (χ1) is 12.6. The standard InChI is InChI=1S/C18H23N3O.ClHO4/c1-5-21(6-2)14-8-10-16-18(12-14)22-17-11-13(20(3)4)7-9-15(17)19-16;2-1(3,4)5/h7-12,19H,5-6H2,1-4H3;(H,2,3,4,5). The molecule has 0 saturated carbocycles. The number of quaternary nitrogens is 1. The van der Waals surface area contributed by atoms with Crippen LogP contribution in [0.15, 0.2) is 36.4 Å². The molecule has 0 bridgehead atoms. The molecule has 0 fully saturated rings. The molecule has 27 heavy (non-hydrogen) atoms. The Morgan fingerprint density at radius 3 is 1.74 bits per heavy atom. The Bertz CT molecular complexity index is 770. The van der Waals surface area contributed by atoms with Crippen LogP contribution in [0.3, 0.4) is 0 Å². The predicted octanol–water partition coefficient (Wildman–Crippen LogP) is -1.52. The van der Waals surface area contributed by atoms with Crippen LogP contribution >= 0.6 is 0 Å². The average Bonchev–Trinajstić information content (AvgIpc) is 2.59. The van der Waals surface area contributed by atoms with Crippen LogP contribution in [0.4, 0.5) is 22.7 Å². The number of halogens is 1. The van der Waals surface area contributed by atoms with Crippen molar-refractivity contribution in [1.82, 2.24) is 0 Å². The van der Waals surface area contributed by atoms with Gasteiger partial charge >= 0.3 is 0 Å². The third kappa shape index (κ3) is 5.96. The van der Waals surface area contributed by atoms with Crippen molar-refractivity contribution >= 4 is 22.7 Å². The highest BCUT2D eigenvalue weighted by atomic mass is 35.7. The second-order valence-electron chi connectivity index (χ2n) is 6.14. The molecule has 0 radical (unpaired) electrons. The fourth-order valence-electron chi connectivity index (χ4n) is 2.81. The summed E-state index contributed by atoms with van der Waals surface area (Å²) in [4.78, 5) is 4.42. The van der Waals surface area contributed by atoms with Crippen molar-refractivity contribution in [3.63, 3.8) is 0 Å². The molecule has 0 spiro atoms. The van der Waals surface area contributed by atoms with Gasteiger partial charge in [-0.25, -0.2) is 18.6 Å². The number of anilines is 2. The highest BCUT2D eigenvalue weighted by molar-refractivity contribution is 5.67. The van der Waals surface area contributed by atoms with Gasteiger partial charge in [0.2, 0.25) is 0 Å². The number of ether oxygens (including phenoxy) is 1. The lowest BCUT2D eigenvalue weighted by atomic mass is 10.1. The lowest BCUT2D eigenvalue weighted by Gasteiger charge is -2.24. The van der Waals surface area contributed by atoms with Crippen molar-refractivity contribution in [3.05, 3.63) is 36.4 Å². The molecule has 3 rings (SSSR count). The number of nitrogens with two attached hydrogens (primary N) is 1. The van der Waals surface area contributed by atoms with Gasteiger partial charge < -0.3 is 14.5 Å². The normalized spacial score (nSPS) is 12.1. The summed E-state index contributed by atoms with van der Waals surface area (Å²) in [5.74, 6) is 1.86. The number of hydrogen-bond acceptors (Lipinski definition) is 7. The van der Waals surface area contributed by atoms with Crippen LogP contribution in [0.25, 0.3) is 0 Å². The summed E-state index contributed by atoms with van der Waals surface area (Å²) >= 11 is 0. The van der Waals surface area contributed by atoms with Gasteiger partial charge in [-0.1, -0.05) is 0 Å². The van der Waals surface area contributed by atoms with Gasteiger partial charge in [0, 0.05) is 62.8 Å². The molecule has 2 aromatic carbocycles. The Morgan fingerprint density at radius 1 is 0.852 bits per heavy atom. The van der Waals surface area contributed by atoms with E-state index in [1.807, 2.05) is 14.1 Å². The molecule has 0 atom stereocenters. The molecule has 9 heteroatoms. The molecule has 1 aliphatic heterocycles. The fourth-order valence-corrected chi connectivity index (χ4v) is 2.81. The van der Waals surface area contributed by atoms with E-state index in [9.17, 15) is 0 Å². The molecule has 1 heterocycles. The van der Waals surface area contributed by atoms with Gasteiger partial charge in [-0.05, 0) is 26.0 Å². The number of benzene rings is 2. The zero-order chi connectivity index (χ0) is 20.2. The second kappa shape index (κ2) is 8.75. The fraction of sp³-hybridized carbons (Fsp3) is 0.333. The maximum absolute atomic E-state index is 8.49. The SMILES string of the molecule is CCN(CC)c1ccc2c(c1)Oc1cc(N(C)C)ccc1[NH2+]2.[O-][Cl+3]([O-])([O-])[O-]. The molecule has 1 aliphatic rings. The van der Waals surface area contributed by atoms with Gasteiger partial charge in [0.05, 0.1) is 0 Å². The molecular weight excluding hydrogens is 374 g/mol. The smallest absolute Gasteiger partial charge is 0.190 e. The van der Waals surface area contributed by atoms with E-state index < -0.39 is 10.2 Å². The van der Waals surface area contributed by atoms with E-state index in [-0.39, 0.29) is 0 Å². The van der Waals surface area contributed by atoms with Crippen LogP contribution in [0, 0.1) is 10.2 Å². The third-order valence-electron chi connectivity index (χ3n) is 4.17. The quantitative estimate of drug-likeness (QED) is 0.530. The number of fused-ring (bicyclic) bond motifs is 2. The minimum atomic E-state index is -4.94. The second-order valence-corrected chi connectivity index (χ2v) is 6.89. The van der Waals surface area contributed by atoms with Crippen LogP contribution in [0.2, 0.25) is 0 Å². The Kier molecular flexibility index (Phi) is 6.88. The first-order valence-electron chi connectivity index (χ1n) is 8.47.